The Balaban J connectivity index is 0.000000564. The third-order valence-electron chi connectivity index (χ3n) is 5.90. The van der Waals surface area contributed by atoms with E-state index in [1.165, 1.54) is 0 Å². The van der Waals surface area contributed by atoms with Crippen LogP contribution >= 0.6 is 25.5 Å². The summed E-state index contributed by atoms with van der Waals surface area (Å²) in [7, 11) is 6.23. The summed E-state index contributed by atoms with van der Waals surface area (Å²) in [4.78, 5) is 0. The molecule has 37 heavy (non-hydrogen) atoms. The van der Waals surface area contributed by atoms with Crippen LogP contribution in [0.5, 0.6) is 0 Å². The molecule has 0 saturated carbocycles. The second-order valence-corrected chi connectivity index (χ2v) is 20.3. The standard InChI is InChI=1S/C15H10.2C9H21P.ClH.Rh/c1-2-15(13-9-5-3-6-10-13)14-11-7-4-8-12-14;2*1-7(2)10(8(3)4)9(5)6;;/h3-12H;2*7-9H,1-6H3;1H;/q;;;;+1/p-1. The summed E-state index contributed by atoms with van der Waals surface area (Å²) in [5, 5.41) is 0. The average Bonchev–Trinajstić information content (AvgIpc) is 2.80. The molecule has 2 aromatic carbocycles. The van der Waals surface area contributed by atoms with E-state index in [9.17, 15) is 0 Å². The molecule has 0 aliphatic heterocycles. The Hall–Kier alpha value is -0.357. The maximum absolute atomic E-state index is 5.70. The van der Waals surface area contributed by atoms with Gasteiger partial charge in [0, 0.05) is 0 Å². The fourth-order valence-corrected chi connectivity index (χ4v) is 12.8. The van der Waals surface area contributed by atoms with Crippen molar-refractivity contribution in [3.05, 3.63) is 77.5 Å². The van der Waals surface area contributed by atoms with E-state index in [4.69, 9.17) is 9.69 Å². The zero-order chi connectivity index (χ0) is 28.5. The van der Waals surface area contributed by atoms with Crippen molar-refractivity contribution in [3.63, 3.8) is 0 Å². The summed E-state index contributed by atoms with van der Waals surface area (Å²) in [6, 6.07) is 20.4. The van der Waals surface area contributed by atoms with Crippen LogP contribution in [0.1, 0.15) is 94.2 Å². The Morgan fingerprint density at radius 1 is 0.541 bits per heavy atom. The average molecular weight is 649 g/mol. The molecule has 2 aromatic rings. The van der Waals surface area contributed by atoms with E-state index < -0.39 is 0 Å². The molecule has 0 amide bonds. The molecule has 0 aliphatic carbocycles. The fourth-order valence-electron chi connectivity index (χ4n) is 5.16. The minimum atomic E-state index is -0.203. The zero-order valence-corrected chi connectivity index (χ0v) is 29.5. The van der Waals surface area contributed by atoms with E-state index in [0.29, 0.717) is 0 Å². The van der Waals surface area contributed by atoms with E-state index in [0.717, 1.165) is 50.7 Å². The van der Waals surface area contributed by atoms with Crippen molar-refractivity contribution in [1.82, 2.24) is 0 Å². The molecule has 210 valence electrons. The molecule has 0 saturated heterocycles. The van der Waals surface area contributed by atoms with Gasteiger partial charge in [0.1, 0.15) is 0 Å². The minimum absolute atomic E-state index is 0.203. The van der Waals surface area contributed by atoms with E-state index >= 15 is 0 Å². The molecule has 0 spiro atoms. The molecule has 0 atom stereocenters. The molecule has 0 aromatic heterocycles. The molecule has 0 aliphatic rings. The van der Waals surface area contributed by atoms with Crippen molar-refractivity contribution in [2.24, 2.45) is 0 Å². The predicted octanol–water partition coefficient (Wildman–Crippen LogP) is 11.3. The first-order valence-corrected chi connectivity index (χ1v) is 19.6. The van der Waals surface area contributed by atoms with Gasteiger partial charge in [0.2, 0.25) is 0 Å². The first-order valence-electron chi connectivity index (χ1n) is 13.6. The van der Waals surface area contributed by atoms with E-state index in [2.05, 4.69) is 117 Å². The Labute approximate surface area is 244 Å². The molecule has 0 N–H and O–H groups in total. The zero-order valence-electron chi connectivity index (χ0n) is 25.3. The van der Waals surface area contributed by atoms with E-state index in [1.54, 1.807) is 0 Å². The van der Waals surface area contributed by atoms with Crippen molar-refractivity contribution in [1.29, 1.82) is 0 Å². The SMILES string of the molecule is CC(C)P(C(C)C)C(C)C.CC(C)P(C(C)C)C(C)C.[Cl][Rh]=[C]=C=C(c1ccccc1)c1ccccc1. The van der Waals surface area contributed by atoms with Gasteiger partial charge in [-0.3, -0.25) is 0 Å². The molecule has 0 radical (unpaired) electrons. The van der Waals surface area contributed by atoms with Crippen LogP contribution in [0.25, 0.3) is 5.57 Å². The van der Waals surface area contributed by atoms with Gasteiger partial charge >= 0.3 is 113 Å². The summed E-state index contributed by atoms with van der Waals surface area (Å²) >= 11 is -0.203. The van der Waals surface area contributed by atoms with Gasteiger partial charge in [0.25, 0.3) is 0 Å². The predicted molar refractivity (Wildman–Crippen MR) is 174 cm³/mol. The van der Waals surface area contributed by atoms with Crippen LogP contribution in [0.2, 0.25) is 0 Å². The van der Waals surface area contributed by atoms with Crippen molar-refractivity contribution in [2.75, 3.05) is 0 Å². The quantitative estimate of drug-likeness (QED) is 0.152. The normalized spacial score (nSPS) is 11.2. The van der Waals surface area contributed by atoms with Crippen molar-refractivity contribution in [2.45, 2.75) is 117 Å². The molecule has 0 nitrogen and oxygen atoms in total. The van der Waals surface area contributed by atoms with Crippen molar-refractivity contribution < 1.29 is 15.7 Å². The third-order valence-corrected chi connectivity index (χ3v) is 13.8. The Morgan fingerprint density at radius 3 is 1.00 bits per heavy atom. The second kappa shape index (κ2) is 20.5. The summed E-state index contributed by atoms with van der Waals surface area (Å²) in [5.74, 6) is 0. The van der Waals surface area contributed by atoms with Crippen LogP contribution in [0, 0.1) is 0 Å². The molecule has 0 heterocycles. The van der Waals surface area contributed by atoms with E-state index in [1.807, 2.05) is 36.4 Å². The first-order chi connectivity index (χ1) is 17.3. The number of benzene rings is 2. The Kier molecular flexibility index (Phi) is 20.3. The maximum atomic E-state index is 5.70. The molecule has 0 bridgehead atoms. The van der Waals surface area contributed by atoms with Crippen LogP contribution < -0.4 is 0 Å². The van der Waals surface area contributed by atoms with Crippen LogP contribution in [0.3, 0.4) is 0 Å². The van der Waals surface area contributed by atoms with Gasteiger partial charge in [0.15, 0.2) is 0 Å². The monoisotopic (exact) mass is 648 g/mol. The molecule has 0 fully saturated rings. The van der Waals surface area contributed by atoms with Gasteiger partial charge in [-0.2, -0.15) is 0 Å². The first kappa shape index (κ1) is 36.6. The summed E-state index contributed by atoms with van der Waals surface area (Å²) in [5.41, 5.74) is 11.9. The number of rotatable bonds is 8. The van der Waals surface area contributed by atoms with Crippen molar-refractivity contribution >= 4 is 35.4 Å². The molecule has 0 unspecified atom stereocenters. The number of hydrogen-bond donors (Lipinski definition) is 0. The van der Waals surface area contributed by atoms with Crippen LogP contribution in [0.15, 0.2) is 66.4 Å². The van der Waals surface area contributed by atoms with Gasteiger partial charge in [-0.05, 0) is 34.0 Å². The summed E-state index contributed by atoms with van der Waals surface area (Å²) in [6.07, 6.45) is 0. The van der Waals surface area contributed by atoms with Crippen LogP contribution in [-0.2, 0) is 15.7 Å². The summed E-state index contributed by atoms with van der Waals surface area (Å²) < 4.78 is 2.99. The van der Waals surface area contributed by atoms with Gasteiger partial charge < -0.3 is 0 Å². The second-order valence-electron chi connectivity index (χ2n) is 10.8. The van der Waals surface area contributed by atoms with Crippen LogP contribution in [0.4, 0.5) is 0 Å². The van der Waals surface area contributed by atoms with Crippen molar-refractivity contribution in [3.8, 4) is 0 Å². The topological polar surface area (TPSA) is 0 Å². The Bertz CT molecular complexity index is 833. The van der Waals surface area contributed by atoms with Gasteiger partial charge in [-0.15, -0.1) is 0 Å². The van der Waals surface area contributed by atoms with Gasteiger partial charge in [-0.25, -0.2) is 0 Å². The number of halogens is 1. The molecular formula is C33H52ClP2Rh. The third kappa shape index (κ3) is 15.1. The molecule has 2 rings (SSSR count). The molecular weight excluding hydrogens is 597 g/mol. The van der Waals surface area contributed by atoms with Gasteiger partial charge in [0.05, 0.1) is 0 Å². The van der Waals surface area contributed by atoms with Crippen LogP contribution in [-0.4, -0.2) is 38.2 Å². The van der Waals surface area contributed by atoms with Gasteiger partial charge in [-0.1, -0.05) is 98.9 Å². The number of hydrogen-bond acceptors (Lipinski definition) is 0. The molecule has 4 heteroatoms. The fraction of sp³-hybridized carbons (Fsp3) is 0.545. The Morgan fingerprint density at radius 2 is 0.811 bits per heavy atom. The van der Waals surface area contributed by atoms with E-state index in [-0.39, 0.29) is 31.5 Å². The summed E-state index contributed by atoms with van der Waals surface area (Å²) in [6.45, 7) is 28.2.